The summed E-state index contributed by atoms with van der Waals surface area (Å²) in [6.07, 6.45) is 2.81. The third-order valence-electron chi connectivity index (χ3n) is 4.93. The van der Waals surface area contributed by atoms with Crippen molar-refractivity contribution >= 4 is 61.2 Å². The number of hydrogen-bond donors (Lipinski definition) is 1. The van der Waals surface area contributed by atoms with Crippen LogP contribution in [0.2, 0.25) is 5.02 Å². The van der Waals surface area contributed by atoms with Crippen molar-refractivity contribution in [3.8, 4) is 6.07 Å². The van der Waals surface area contributed by atoms with Crippen LogP contribution in [-0.2, 0) is 22.4 Å². The van der Waals surface area contributed by atoms with Crippen molar-refractivity contribution in [3.63, 3.8) is 0 Å². The molecule has 1 N–H and O–H groups in total. The van der Waals surface area contributed by atoms with Gasteiger partial charge in [0.05, 0.1) is 10.6 Å². The molecule has 0 aliphatic heterocycles. The highest BCUT2D eigenvalue weighted by Gasteiger charge is 2.25. The molecule has 1 aromatic carbocycles. The largest absolute Gasteiger partial charge is 0.451 e. The van der Waals surface area contributed by atoms with Crippen molar-refractivity contribution in [2.45, 2.75) is 26.2 Å². The summed E-state index contributed by atoms with van der Waals surface area (Å²) in [5.74, 6) is -0.534. The fourth-order valence-electron chi connectivity index (χ4n) is 3.46. The highest BCUT2D eigenvalue weighted by Crippen LogP contribution is 2.39. The average Bonchev–Trinajstić information content (AvgIpc) is 3.23. The van der Waals surface area contributed by atoms with Crippen LogP contribution in [0, 0.1) is 17.2 Å². The van der Waals surface area contributed by atoms with Crippen LogP contribution in [0.4, 0.5) is 5.00 Å². The second-order valence-corrected chi connectivity index (χ2v) is 9.57. The molecule has 5 nitrogen and oxygen atoms in total. The van der Waals surface area contributed by atoms with E-state index in [4.69, 9.17) is 16.3 Å². The molecular formula is C21H17ClN2O3S2. The minimum absolute atomic E-state index is 0.277. The molecule has 2 aromatic heterocycles. The van der Waals surface area contributed by atoms with Crippen LogP contribution in [0.3, 0.4) is 0 Å². The zero-order chi connectivity index (χ0) is 20.5. The minimum atomic E-state index is -0.633. The van der Waals surface area contributed by atoms with E-state index in [1.165, 1.54) is 22.7 Å². The van der Waals surface area contributed by atoms with Gasteiger partial charge >= 0.3 is 5.97 Å². The molecule has 0 radical (unpaired) electrons. The van der Waals surface area contributed by atoms with Gasteiger partial charge in [0.2, 0.25) is 0 Å². The van der Waals surface area contributed by atoms with E-state index in [2.05, 4.69) is 18.3 Å². The number of nitrogens with one attached hydrogen (secondary N) is 1. The van der Waals surface area contributed by atoms with Gasteiger partial charge in [-0.1, -0.05) is 36.7 Å². The van der Waals surface area contributed by atoms with Crippen molar-refractivity contribution in [1.29, 1.82) is 5.26 Å². The lowest BCUT2D eigenvalue weighted by molar-refractivity contribution is -0.119. The maximum atomic E-state index is 12.4. The Hall–Kier alpha value is -2.40. The number of nitriles is 1. The maximum absolute atomic E-state index is 12.4. The summed E-state index contributed by atoms with van der Waals surface area (Å²) in [6.45, 7) is 1.75. The molecule has 4 rings (SSSR count). The number of thiophene rings is 2. The number of fused-ring (bicyclic) bond motifs is 2. The fourth-order valence-corrected chi connectivity index (χ4v) is 6.24. The van der Waals surface area contributed by atoms with Crippen molar-refractivity contribution < 1.29 is 14.3 Å². The normalized spacial score (nSPS) is 15.6. The van der Waals surface area contributed by atoms with Gasteiger partial charge < -0.3 is 10.1 Å². The molecule has 1 atom stereocenters. The number of esters is 1. The number of carbonyl (C=O) groups is 2. The molecule has 0 fully saturated rings. The third-order valence-corrected chi connectivity index (χ3v) is 7.76. The van der Waals surface area contributed by atoms with E-state index in [1.807, 2.05) is 24.3 Å². The van der Waals surface area contributed by atoms with Crippen molar-refractivity contribution in [1.82, 2.24) is 0 Å². The Balaban J connectivity index is 1.43. The van der Waals surface area contributed by atoms with E-state index < -0.39 is 18.5 Å². The van der Waals surface area contributed by atoms with Crippen LogP contribution in [0.15, 0.2) is 24.3 Å². The fraction of sp³-hybridized carbons (Fsp3) is 0.286. The van der Waals surface area contributed by atoms with E-state index in [9.17, 15) is 14.9 Å². The van der Waals surface area contributed by atoms with Crippen molar-refractivity contribution in [2.24, 2.45) is 5.92 Å². The van der Waals surface area contributed by atoms with Crippen LogP contribution < -0.4 is 5.32 Å². The number of carbonyl (C=O) groups excluding carboxylic acids is 2. The number of benzene rings is 1. The zero-order valence-corrected chi connectivity index (χ0v) is 18.0. The number of nitrogens with zero attached hydrogens (tertiary/aromatic N) is 1. The molecule has 8 heteroatoms. The summed E-state index contributed by atoms with van der Waals surface area (Å²) in [6, 6.07) is 9.63. The monoisotopic (exact) mass is 444 g/mol. The molecule has 29 heavy (non-hydrogen) atoms. The summed E-state index contributed by atoms with van der Waals surface area (Å²) in [5, 5.41) is 13.9. The summed E-state index contributed by atoms with van der Waals surface area (Å²) >= 11 is 8.95. The highest BCUT2D eigenvalue weighted by atomic mass is 35.5. The molecule has 0 saturated carbocycles. The topological polar surface area (TPSA) is 79.2 Å². The first-order valence-corrected chi connectivity index (χ1v) is 11.2. The van der Waals surface area contributed by atoms with Gasteiger partial charge in [0, 0.05) is 15.0 Å². The van der Waals surface area contributed by atoms with Gasteiger partial charge in [-0.05, 0) is 36.8 Å². The number of hydrogen-bond acceptors (Lipinski definition) is 6. The second kappa shape index (κ2) is 8.15. The Labute approximate surface area is 180 Å². The summed E-state index contributed by atoms with van der Waals surface area (Å²) in [5.41, 5.74) is 1.57. The van der Waals surface area contributed by atoms with Crippen molar-refractivity contribution in [2.75, 3.05) is 11.9 Å². The highest BCUT2D eigenvalue weighted by molar-refractivity contribution is 7.21. The molecule has 0 spiro atoms. The number of halogens is 1. The molecule has 1 aliphatic carbocycles. The van der Waals surface area contributed by atoms with Crippen LogP contribution in [0.5, 0.6) is 0 Å². The number of rotatable bonds is 4. The van der Waals surface area contributed by atoms with E-state index in [1.54, 1.807) is 0 Å². The Morgan fingerprint density at radius 3 is 2.90 bits per heavy atom. The van der Waals surface area contributed by atoms with Crippen LogP contribution in [0.25, 0.3) is 10.1 Å². The molecule has 0 bridgehead atoms. The molecule has 1 amide bonds. The predicted octanol–water partition coefficient (Wildman–Crippen LogP) is 5.41. The minimum Gasteiger partial charge on any atom is -0.451 e. The Bertz CT molecular complexity index is 1160. The molecule has 0 saturated heterocycles. The van der Waals surface area contributed by atoms with Crippen LogP contribution >= 0.6 is 34.3 Å². The Morgan fingerprint density at radius 2 is 2.14 bits per heavy atom. The quantitative estimate of drug-likeness (QED) is 0.546. The van der Waals surface area contributed by atoms with Crippen LogP contribution in [0.1, 0.15) is 39.0 Å². The summed E-state index contributed by atoms with van der Waals surface area (Å²) in [7, 11) is 0. The molecule has 3 aromatic rings. The molecule has 148 valence electrons. The first-order chi connectivity index (χ1) is 14.0. The molecule has 1 unspecified atom stereocenters. The summed E-state index contributed by atoms with van der Waals surface area (Å²) < 4.78 is 6.04. The van der Waals surface area contributed by atoms with Gasteiger partial charge in [0.1, 0.15) is 15.9 Å². The standard InChI is InChI=1S/C21H17ClN2O3S2/c1-11-6-7-12-14(9-23)20(29-16(12)8-11)24-17(25)10-27-21(26)19-18(22)13-4-2-3-5-15(13)28-19/h2-5,11H,6-8,10H2,1H3,(H,24,25). The van der Waals surface area contributed by atoms with Gasteiger partial charge in [-0.25, -0.2) is 4.79 Å². The van der Waals surface area contributed by atoms with E-state index in [0.717, 1.165) is 39.8 Å². The third kappa shape index (κ3) is 3.88. The van der Waals surface area contributed by atoms with Gasteiger partial charge in [-0.3, -0.25) is 4.79 Å². The number of ether oxygens (including phenoxy) is 1. The average molecular weight is 445 g/mol. The van der Waals surface area contributed by atoms with Crippen molar-refractivity contribution in [3.05, 3.63) is 50.2 Å². The predicted molar refractivity (Wildman–Crippen MR) is 116 cm³/mol. The number of anilines is 1. The molecular weight excluding hydrogens is 428 g/mol. The Morgan fingerprint density at radius 1 is 1.34 bits per heavy atom. The first kappa shape index (κ1) is 19.9. The van der Waals surface area contributed by atoms with E-state index in [0.29, 0.717) is 21.5 Å². The first-order valence-electron chi connectivity index (χ1n) is 9.16. The lowest BCUT2D eigenvalue weighted by atomic mass is 9.89. The zero-order valence-electron chi connectivity index (χ0n) is 15.6. The second-order valence-electron chi connectivity index (χ2n) is 7.03. The Kier molecular flexibility index (Phi) is 5.59. The van der Waals surface area contributed by atoms with Gasteiger partial charge in [0.15, 0.2) is 6.61 Å². The van der Waals surface area contributed by atoms with E-state index >= 15 is 0 Å². The van der Waals surface area contributed by atoms with E-state index in [-0.39, 0.29) is 4.88 Å². The lowest BCUT2D eigenvalue weighted by Crippen LogP contribution is -2.20. The number of amides is 1. The summed E-state index contributed by atoms with van der Waals surface area (Å²) in [4.78, 5) is 26.1. The molecule has 1 aliphatic rings. The van der Waals surface area contributed by atoms with Gasteiger partial charge in [-0.2, -0.15) is 5.26 Å². The SMILES string of the molecule is CC1CCc2c(sc(NC(=O)COC(=O)c3sc4ccccc4c3Cl)c2C#N)C1. The van der Waals surface area contributed by atoms with Crippen LogP contribution in [-0.4, -0.2) is 18.5 Å². The molecule has 2 heterocycles. The smallest absolute Gasteiger partial charge is 0.350 e. The lowest BCUT2D eigenvalue weighted by Gasteiger charge is -2.17. The van der Waals surface area contributed by atoms with Gasteiger partial charge in [0.25, 0.3) is 5.91 Å². The maximum Gasteiger partial charge on any atom is 0.350 e. The van der Waals surface area contributed by atoms with Gasteiger partial charge in [-0.15, -0.1) is 22.7 Å².